The van der Waals surface area contributed by atoms with Gasteiger partial charge in [0.05, 0.1) is 11.8 Å². The summed E-state index contributed by atoms with van der Waals surface area (Å²) in [6.07, 6.45) is 1.33. The van der Waals surface area contributed by atoms with E-state index in [0.29, 0.717) is 16.9 Å². The highest BCUT2D eigenvalue weighted by Gasteiger charge is 2.05. The SMILES string of the molecule is N#Cc1ccccc1OCC(=O)NN=Cc1ccccc1O. The minimum absolute atomic E-state index is 0.0692. The lowest BCUT2D eigenvalue weighted by Gasteiger charge is -2.06. The first-order valence-electron chi connectivity index (χ1n) is 6.42. The first-order valence-corrected chi connectivity index (χ1v) is 6.42. The number of benzene rings is 2. The molecule has 22 heavy (non-hydrogen) atoms. The number of hydrogen-bond acceptors (Lipinski definition) is 5. The molecule has 2 aromatic carbocycles. The zero-order chi connectivity index (χ0) is 15.8. The molecule has 0 heterocycles. The smallest absolute Gasteiger partial charge is 0.277 e. The van der Waals surface area contributed by atoms with Gasteiger partial charge in [-0.05, 0) is 24.3 Å². The number of rotatable bonds is 5. The van der Waals surface area contributed by atoms with E-state index in [1.165, 1.54) is 12.3 Å². The molecule has 1 amide bonds. The minimum Gasteiger partial charge on any atom is -0.507 e. The molecule has 0 aromatic heterocycles. The van der Waals surface area contributed by atoms with Crippen LogP contribution in [0.25, 0.3) is 0 Å². The molecule has 0 unspecified atom stereocenters. The van der Waals surface area contributed by atoms with Gasteiger partial charge in [0.25, 0.3) is 5.91 Å². The van der Waals surface area contributed by atoms with Crippen LogP contribution in [0.1, 0.15) is 11.1 Å². The molecule has 0 aliphatic rings. The quantitative estimate of drug-likeness (QED) is 0.649. The maximum atomic E-state index is 11.6. The number of amides is 1. The number of hydrazone groups is 1. The number of phenols is 1. The third kappa shape index (κ3) is 4.08. The number of ether oxygens (including phenoxy) is 1. The minimum atomic E-state index is -0.473. The van der Waals surface area contributed by atoms with Gasteiger partial charge in [0, 0.05) is 5.56 Å². The van der Waals surface area contributed by atoms with E-state index in [4.69, 9.17) is 10.00 Å². The van der Waals surface area contributed by atoms with Crippen LogP contribution in [-0.4, -0.2) is 23.8 Å². The molecule has 0 spiro atoms. The maximum absolute atomic E-state index is 11.6. The third-order valence-corrected chi connectivity index (χ3v) is 2.70. The van der Waals surface area contributed by atoms with Gasteiger partial charge in [-0.1, -0.05) is 24.3 Å². The van der Waals surface area contributed by atoms with Crippen LogP contribution in [-0.2, 0) is 4.79 Å². The summed E-state index contributed by atoms with van der Waals surface area (Å²) >= 11 is 0. The van der Waals surface area contributed by atoms with E-state index in [1.54, 1.807) is 42.5 Å². The molecule has 0 bridgehead atoms. The molecule has 0 aliphatic heterocycles. The summed E-state index contributed by atoms with van der Waals surface area (Å²) in [5.74, 6) is -0.0658. The van der Waals surface area contributed by atoms with Gasteiger partial charge in [0.15, 0.2) is 6.61 Å². The lowest BCUT2D eigenvalue weighted by atomic mass is 10.2. The molecule has 6 heteroatoms. The van der Waals surface area contributed by atoms with Crippen LogP contribution < -0.4 is 10.2 Å². The van der Waals surface area contributed by atoms with E-state index in [0.717, 1.165) is 0 Å². The van der Waals surface area contributed by atoms with Gasteiger partial charge in [0.1, 0.15) is 17.6 Å². The van der Waals surface area contributed by atoms with Crippen molar-refractivity contribution in [3.63, 3.8) is 0 Å². The van der Waals surface area contributed by atoms with Crippen molar-refractivity contribution in [1.29, 1.82) is 5.26 Å². The molecule has 2 N–H and O–H groups in total. The number of aromatic hydroxyl groups is 1. The molecule has 0 radical (unpaired) electrons. The van der Waals surface area contributed by atoms with Crippen molar-refractivity contribution >= 4 is 12.1 Å². The van der Waals surface area contributed by atoms with Crippen molar-refractivity contribution in [2.24, 2.45) is 5.10 Å². The van der Waals surface area contributed by atoms with Crippen molar-refractivity contribution in [2.45, 2.75) is 0 Å². The molecule has 0 atom stereocenters. The van der Waals surface area contributed by atoms with Gasteiger partial charge in [-0.2, -0.15) is 10.4 Å². The Balaban J connectivity index is 1.86. The van der Waals surface area contributed by atoms with E-state index in [1.807, 2.05) is 6.07 Å². The second-order valence-corrected chi connectivity index (χ2v) is 4.25. The highest BCUT2D eigenvalue weighted by molar-refractivity contribution is 5.85. The highest BCUT2D eigenvalue weighted by atomic mass is 16.5. The largest absolute Gasteiger partial charge is 0.507 e. The van der Waals surface area contributed by atoms with E-state index >= 15 is 0 Å². The number of hydrogen-bond donors (Lipinski definition) is 2. The first kappa shape index (κ1) is 15.1. The Labute approximate surface area is 127 Å². The van der Waals surface area contributed by atoms with Crippen LogP contribution in [0.2, 0.25) is 0 Å². The van der Waals surface area contributed by atoms with Gasteiger partial charge in [-0.3, -0.25) is 4.79 Å². The number of carbonyl (C=O) groups is 1. The zero-order valence-corrected chi connectivity index (χ0v) is 11.6. The fourth-order valence-electron chi connectivity index (χ4n) is 1.63. The number of nitrogens with one attached hydrogen (secondary N) is 1. The van der Waals surface area contributed by atoms with Gasteiger partial charge >= 0.3 is 0 Å². The van der Waals surface area contributed by atoms with Crippen molar-refractivity contribution in [1.82, 2.24) is 5.43 Å². The van der Waals surface area contributed by atoms with Crippen LogP contribution in [0.3, 0.4) is 0 Å². The van der Waals surface area contributed by atoms with E-state index in [2.05, 4.69) is 10.5 Å². The Morgan fingerprint density at radius 2 is 2.00 bits per heavy atom. The van der Waals surface area contributed by atoms with Crippen LogP contribution in [0.15, 0.2) is 53.6 Å². The fourth-order valence-corrected chi connectivity index (χ4v) is 1.63. The summed E-state index contributed by atoms with van der Waals surface area (Å²) in [4.78, 5) is 11.6. The van der Waals surface area contributed by atoms with Crippen molar-refractivity contribution in [3.8, 4) is 17.6 Å². The van der Waals surface area contributed by atoms with Gasteiger partial charge in [0.2, 0.25) is 0 Å². The molecule has 6 nitrogen and oxygen atoms in total. The van der Waals surface area contributed by atoms with Crippen LogP contribution in [0.5, 0.6) is 11.5 Å². The average molecular weight is 295 g/mol. The number of nitriles is 1. The second-order valence-electron chi connectivity index (χ2n) is 4.25. The number of para-hydroxylation sites is 2. The summed E-state index contributed by atoms with van der Waals surface area (Å²) in [5.41, 5.74) is 3.12. The molecular formula is C16H13N3O3. The van der Waals surface area contributed by atoms with E-state index in [-0.39, 0.29) is 12.4 Å². The van der Waals surface area contributed by atoms with Crippen molar-refractivity contribution < 1.29 is 14.6 Å². The summed E-state index contributed by atoms with van der Waals surface area (Å²) in [7, 11) is 0. The summed E-state index contributed by atoms with van der Waals surface area (Å²) in [5, 5.41) is 22.2. The summed E-state index contributed by atoms with van der Waals surface area (Å²) in [6.45, 7) is -0.267. The Hall–Kier alpha value is -3.33. The molecule has 2 rings (SSSR count). The van der Waals surface area contributed by atoms with Gasteiger partial charge in [-0.25, -0.2) is 5.43 Å². The van der Waals surface area contributed by atoms with Gasteiger partial charge < -0.3 is 9.84 Å². The molecular weight excluding hydrogens is 282 g/mol. The van der Waals surface area contributed by atoms with Crippen LogP contribution in [0.4, 0.5) is 0 Å². The lowest BCUT2D eigenvalue weighted by molar-refractivity contribution is -0.123. The number of phenolic OH excluding ortho intramolecular Hbond substituents is 1. The molecule has 0 fully saturated rings. The average Bonchev–Trinajstić information content (AvgIpc) is 2.55. The summed E-state index contributed by atoms with van der Waals surface area (Å²) in [6, 6.07) is 15.2. The van der Waals surface area contributed by atoms with E-state index in [9.17, 15) is 9.90 Å². The Morgan fingerprint density at radius 3 is 2.77 bits per heavy atom. The summed E-state index contributed by atoms with van der Waals surface area (Å²) < 4.78 is 5.26. The third-order valence-electron chi connectivity index (χ3n) is 2.70. The fraction of sp³-hybridized carbons (Fsp3) is 0.0625. The molecule has 0 aliphatic carbocycles. The number of nitrogens with zero attached hydrogens (tertiary/aromatic N) is 2. The standard InChI is InChI=1S/C16H13N3O3/c17-9-12-5-2-4-8-15(12)22-11-16(21)19-18-10-13-6-1-3-7-14(13)20/h1-8,10,20H,11H2,(H,19,21). The molecule has 110 valence electrons. The monoisotopic (exact) mass is 295 g/mol. The maximum Gasteiger partial charge on any atom is 0.277 e. The van der Waals surface area contributed by atoms with Crippen molar-refractivity contribution in [3.05, 3.63) is 59.7 Å². The van der Waals surface area contributed by atoms with Crippen LogP contribution in [0, 0.1) is 11.3 Å². The van der Waals surface area contributed by atoms with Crippen LogP contribution >= 0.6 is 0 Å². The lowest BCUT2D eigenvalue weighted by Crippen LogP contribution is -2.24. The predicted molar refractivity (Wildman–Crippen MR) is 80.5 cm³/mol. The Kier molecular flexibility index (Phi) is 5.10. The second kappa shape index (κ2) is 7.45. The normalized spacial score (nSPS) is 10.1. The highest BCUT2D eigenvalue weighted by Crippen LogP contribution is 2.16. The predicted octanol–water partition coefficient (Wildman–Crippen LogP) is 1.79. The Bertz CT molecular complexity index is 735. The van der Waals surface area contributed by atoms with Crippen molar-refractivity contribution in [2.75, 3.05) is 6.61 Å². The van der Waals surface area contributed by atoms with E-state index < -0.39 is 5.91 Å². The number of carbonyl (C=O) groups excluding carboxylic acids is 1. The zero-order valence-electron chi connectivity index (χ0n) is 11.6. The van der Waals surface area contributed by atoms with Gasteiger partial charge in [-0.15, -0.1) is 0 Å². The molecule has 2 aromatic rings. The molecule has 0 saturated carbocycles. The molecule has 0 saturated heterocycles. The first-order chi connectivity index (χ1) is 10.7. The topological polar surface area (TPSA) is 94.7 Å². The Morgan fingerprint density at radius 1 is 1.27 bits per heavy atom.